The quantitative estimate of drug-likeness (QED) is 0.0140. The van der Waals surface area contributed by atoms with Gasteiger partial charge in [0.05, 0.1) is 22.7 Å². The highest BCUT2D eigenvalue weighted by Gasteiger charge is 2.13. The number of amides is 6. The van der Waals surface area contributed by atoms with E-state index in [-0.39, 0.29) is 59.3 Å². The van der Waals surface area contributed by atoms with E-state index in [0.717, 1.165) is 104 Å². The van der Waals surface area contributed by atoms with Crippen LogP contribution in [-0.4, -0.2) is 77.8 Å². The van der Waals surface area contributed by atoms with Gasteiger partial charge in [-0.25, -0.2) is 4.79 Å². The topological polar surface area (TPSA) is 289 Å². The molecular formula is C81H97N9O11. The summed E-state index contributed by atoms with van der Waals surface area (Å²) in [5.74, 6) is -0.490. The number of aryl methyl sites for hydroxylation is 1. The number of alkyl carbamates (subject to hydrolysis) is 1. The van der Waals surface area contributed by atoms with Gasteiger partial charge in [-0.1, -0.05) is 142 Å². The summed E-state index contributed by atoms with van der Waals surface area (Å²) in [7, 11) is 3.60. The van der Waals surface area contributed by atoms with Crippen molar-refractivity contribution in [1.82, 2.24) is 10.3 Å². The molecular weight excluding hydrogens is 1270 g/mol. The summed E-state index contributed by atoms with van der Waals surface area (Å²) in [5.41, 5.74) is 9.48. The van der Waals surface area contributed by atoms with Crippen LogP contribution < -0.4 is 42.5 Å². The van der Waals surface area contributed by atoms with E-state index in [4.69, 9.17) is 4.74 Å². The first kappa shape index (κ1) is 82.0. The SMILES string of the molecule is CC(=O)CCCCCCC(=O)Nc1ccccc1.CC(=O)CCCc1ccccc1.CCC(=O)C(=O)CCCCCCC(=O)Nc1ccccc1.CNc1ccccc1NC(=O)c1ccc(CNC(=O)OCc2cccnc2)cc1.CNc1ccccc1NC(=O)c1ccc(NC(C)=O)cc1. The molecule has 0 unspecified atom stereocenters. The molecule has 8 rings (SSSR count). The van der Waals surface area contributed by atoms with Crippen LogP contribution in [0.5, 0.6) is 0 Å². The summed E-state index contributed by atoms with van der Waals surface area (Å²) in [4.78, 5) is 118. The van der Waals surface area contributed by atoms with E-state index < -0.39 is 6.09 Å². The Morgan fingerprint density at radius 2 is 0.792 bits per heavy atom. The standard InChI is InChI=1S/C22H22N4O3.C17H23NO3.C16H17N3O2.C15H21NO2.C11H14O/c1-23-19-6-2-3-7-20(19)26-21(27)18-10-8-16(9-11-18)14-25-22(28)29-15-17-5-4-12-24-13-17;1-2-15(19)16(20)12-8-3-4-9-13-17(21)18-14-10-6-5-7-11-14;1-11(20)18-13-9-7-12(8-10-13)16(21)19-15-6-4-3-5-14(15)17-2;1-13(17)9-5-2-3-8-12-15(18)16-14-10-6-4-7-11-14;1-10(12)6-5-9-11-7-3-2-4-8-11/h2-13,23H,14-15H2,1H3,(H,25,28)(H,26,27);5-7,10-11H,2-4,8-9,12-13H2,1H3,(H,18,21);3-10,17H,1-2H3,(H,18,20)(H,19,21);4,6-7,10-11H,2-3,5,8-9,12H2,1H3,(H,16,18);2-4,7-8H,5-6,9H2,1H3. The number of rotatable bonds is 33. The number of ether oxygens (including phenoxy) is 1. The zero-order valence-corrected chi connectivity index (χ0v) is 58.9. The van der Waals surface area contributed by atoms with Crippen molar-refractivity contribution in [3.05, 3.63) is 240 Å². The summed E-state index contributed by atoms with van der Waals surface area (Å²) >= 11 is 0. The smallest absolute Gasteiger partial charge is 0.407 e. The number of hydrogen-bond donors (Lipinski definition) is 8. The second-order valence-corrected chi connectivity index (χ2v) is 23.3. The lowest BCUT2D eigenvalue weighted by Crippen LogP contribution is -2.23. The van der Waals surface area contributed by atoms with Crippen molar-refractivity contribution >= 4 is 98.6 Å². The van der Waals surface area contributed by atoms with Gasteiger partial charge in [0.1, 0.15) is 18.2 Å². The van der Waals surface area contributed by atoms with Gasteiger partial charge in [-0.05, 0) is 154 Å². The Balaban J connectivity index is 0.000000275. The molecule has 101 heavy (non-hydrogen) atoms. The number of carbonyl (C=O) groups excluding carboxylic acids is 10. The monoisotopic (exact) mass is 1370 g/mol. The number of Topliss-reactive ketones (excluding diaryl/α,β-unsaturated/α-hetero) is 4. The Labute approximate surface area is 594 Å². The van der Waals surface area contributed by atoms with Gasteiger partial charge >= 0.3 is 6.09 Å². The summed E-state index contributed by atoms with van der Waals surface area (Å²) in [6.45, 7) is 6.86. The van der Waals surface area contributed by atoms with E-state index in [1.54, 1.807) is 102 Å². The molecule has 0 atom stereocenters. The van der Waals surface area contributed by atoms with E-state index in [0.29, 0.717) is 67.6 Å². The Kier molecular flexibility index (Phi) is 39.9. The summed E-state index contributed by atoms with van der Waals surface area (Å²) in [5, 5.41) is 22.8. The first-order valence-electron chi connectivity index (χ1n) is 34.1. The van der Waals surface area contributed by atoms with Crippen molar-refractivity contribution in [2.75, 3.05) is 51.3 Å². The van der Waals surface area contributed by atoms with Crippen LogP contribution in [0.1, 0.15) is 161 Å². The second kappa shape index (κ2) is 49.2. The molecule has 0 radical (unpaired) electrons. The van der Waals surface area contributed by atoms with Crippen molar-refractivity contribution < 1.29 is 52.7 Å². The largest absolute Gasteiger partial charge is 0.445 e. The summed E-state index contributed by atoms with van der Waals surface area (Å²) < 4.78 is 5.14. The number of ketones is 4. The number of aromatic nitrogens is 1. The maximum absolute atomic E-state index is 12.4. The van der Waals surface area contributed by atoms with Crippen molar-refractivity contribution in [3.63, 3.8) is 0 Å². The van der Waals surface area contributed by atoms with Gasteiger partial charge in [-0.15, -0.1) is 0 Å². The molecule has 20 nitrogen and oxygen atoms in total. The van der Waals surface area contributed by atoms with Crippen molar-refractivity contribution in [3.8, 4) is 0 Å². The Bertz CT molecular complexity index is 3800. The molecule has 532 valence electrons. The zero-order chi connectivity index (χ0) is 73.2. The van der Waals surface area contributed by atoms with E-state index in [1.807, 2.05) is 133 Å². The third-order valence-corrected chi connectivity index (χ3v) is 14.9. The van der Waals surface area contributed by atoms with Crippen LogP contribution in [0, 0.1) is 0 Å². The highest BCUT2D eigenvalue weighted by atomic mass is 16.5. The third kappa shape index (κ3) is 36.7. The number of nitrogens with zero attached hydrogens (tertiary/aromatic N) is 1. The lowest BCUT2D eigenvalue weighted by molar-refractivity contribution is -0.136. The number of anilines is 7. The second-order valence-electron chi connectivity index (χ2n) is 23.3. The molecule has 1 heterocycles. The number of hydrogen-bond acceptors (Lipinski definition) is 14. The molecule has 20 heteroatoms. The van der Waals surface area contributed by atoms with Gasteiger partial charge in [-0.2, -0.15) is 0 Å². The number of benzene rings is 7. The molecule has 0 aliphatic carbocycles. The van der Waals surface area contributed by atoms with Gasteiger partial charge in [-0.3, -0.25) is 38.5 Å². The Hall–Kier alpha value is -11.4. The third-order valence-electron chi connectivity index (χ3n) is 14.9. The fourth-order valence-electron chi connectivity index (χ4n) is 9.50. The van der Waals surface area contributed by atoms with E-state index in [1.165, 1.54) is 12.5 Å². The maximum Gasteiger partial charge on any atom is 0.407 e. The zero-order valence-electron chi connectivity index (χ0n) is 58.9. The fourth-order valence-corrected chi connectivity index (χ4v) is 9.50. The van der Waals surface area contributed by atoms with Crippen LogP contribution in [0.25, 0.3) is 0 Å². The highest BCUT2D eigenvalue weighted by Crippen LogP contribution is 2.23. The highest BCUT2D eigenvalue weighted by molar-refractivity contribution is 6.37. The summed E-state index contributed by atoms with van der Waals surface area (Å²) in [6, 6.07) is 61.4. The maximum atomic E-state index is 12.4. The minimum absolute atomic E-state index is 0.0124. The number of unbranched alkanes of at least 4 members (excludes halogenated alkanes) is 6. The molecule has 0 bridgehead atoms. The number of pyridine rings is 1. The predicted octanol–water partition coefficient (Wildman–Crippen LogP) is 16.4. The molecule has 0 aliphatic rings. The first-order valence-corrected chi connectivity index (χ1v) is 34.1. The van der Waals surface area contributed by atoms with Crippen molar-refractivity contribution in [1.29, 1.82) is 0 Å². The molecule has 8 aromatic rings. The predicted molar refractivity (Wildman–Crippen MR) is 403 cm³/mol. The summed E-state index contributed by atoms with van der Waals surface area (Å²) in [6.07, 6.45) is 15.0. The molecule has 7 aromatic carbocycles. The van der Waals surface area contributed by atoms with Gasteiger partial charge in [0.25, 0.3) is 11.8 Å². The van der Waals surface area contributed by atoms with Gasteiger partial charge < -0.3 is 56.9 Å². The number of para-hydroxylation sites is 6. The minimum atomic E-state index is -0.514. The minimum Gasteiger partial charge on any atom is -0.445 e. The first-order chi connectivity index (χ1) is 48.8. The van der Waals surface area contributed by atoms with E-state index >= 15 is 0 Å². The molecule has 0 saturated heterocycles. The van der Waals surface area contributed by atoms with Crippen LogP contribution in [0.3, 0.4) is 0 Å². The Morgan fingerprint density at radius 1 is 0.376 bits per heavy atom. The molecule has 1 aromatic heterocycles. The van der Waals surface area contributed by atoms with Crippen LogP contribution >= 0.6 is 0 Å². The average molecular weight is 1370 g/mol. The van der Waals surface area contributed by atoms with Gasteiger partial charge in [0.15, 0.2) is 11.6 Å². The average Bonchev–Trinajstić information content (AvgIpc) is 0.869. The molecule has 0 spiro atoms. The van der Waals surface area contributed by atoms with Crippen LogP contribution in [-0.2, 0) is 57.9 Å². The Morgan fingerprint density at radius 3 is 1.24 bits per heavy atom. The molecule has 8 N–H and O–H groups in total. The van der Waals surface area contributed by atoms with Crippen molar-refractivity contribution in [2.45, 2.75) is 144 Å². The number of nitrogens with one attached hydrogen (secondary N) is 8. The molecule has 0 aliphatic heterocycles. The van der Waals surface area contributed by atoms with Gasteiger partial charge in [0, 0.05) is 112 Å². The molecule has 0 saturated carbocycles. The fraction of sp³-hybridized carbons (Fsp3) is 0.296. The number of carbonyl (C=O) groups is 10. The van der Waals surface area contributed by atoms with E-state index in [2.05, 4.69) is 59.7 Å². The molecule has 6 amide bonds. The normalized spacial score (nSPS) is 10.0. The van der Waals surface area contributed by atoms with Crippen LogP contribution in [0.15, 0.2) is 213 Å². The van der Waals surface area contributed by atoms with Crippen LogP contribution in [0.4, 0.5) is 44.6 Å². The van der Waals surface area contributed by atoms with Gasteiger partial charge in [0.2, 0.25) is 17.7 Å². The lowest BCUT2D eigenvalue weighted by atomic mass is 10.1. The lowest BCUT2D eigenvalue weighted by Gasteiger charge is -2.11. The van der Waals surface area contributed by atoms with Crippen LogP contribution in [0.2, 0.25) is 0 Å². The molecule has 0 fully saturated rings. The van der Waals surface area contributed by atoms with E-state index in [9.17, 15) is 47.9 Å². The van der Waals surface area contributed by atoms with Crippen molar-refractivity contribution in [2.24, 2.45) is 0 Å².